The van der Waals surface area contributed by atoms with Gasteiger partial charge in [-0.1, -0.05) is 38.5 Å². The molecule has 0 spiro atoms. The van der Waals surface area contributed by atoms with E-state index in [1.54, 1.807) is 6.92 Å². The first-order valence-corrected chi connectivity index (χ1v) is 8.61. The number of carbonyl (C=O) groups excluding carboxylic acids is 1. The van der Waals surface area contributed by atoms with Crippen LogP contribution in [0, 0.1) is 0 Å². The van der Waals surface area contributed by atoms with Crippen LogP contribution >= 0.6 is 0 Å². The zero-order valence-electron chi connectivity index (χ0n) is 13.6. The smallest absolute Gasteiger partial charge is 0.338 e. The molecule has 1 unspecified atom stereocenters. The third kappa shape index (κ3) is 4.43. The highest BCUT2D eigenvalue weighted by Crippen LogP contribution is 2.31. The Morgan fingerprint density at radius 2 is 1.48 bits per heavy atom. The number of carbonyl (C=O) groups is 1. The summed E-state index contributed by atoms with van der Waals surface area (Å²) >= 11 is 0. The molecule has 1 N–H and O–H groups in total. The molecular weight excluding hydrogens is 266 g/mol. The molecule has 4 heteroatoms. The topological polar surface area (TPSA) is 49.8 Å². The van der Waals surface area contributed by atoms with Crippen molar-refractivity contribution in [3.63, 3.8) is 0 Å². The van der Waals surface area contributed by atoms with Gasteiger partial charge in [0.15, 0.2) is 5.60 Å². The summed E-state index contributed by atoms with van der Waals surface area (Å²) in [4.78, 5) is 14.3. The molecule has 0 aromatic rings. The Bertz CT molecular complexity index is 313. The van der Waals surface area contributed by atoms with E-state index in [2.05, 4.69) is 4.90 Å². The number of methoxy groups -OCH3 is 1. The number of nitrogens with zero attached hydrogens (tertiary/aromatic N) is 1. The number of aliphatic hydroxyl groups is 1. The van der Waals surface area contributed by atoms with Gasteiger partial charge in [0.25, 0.3) is 0 Å². The van der Waals surface area contributed by atoms with Crippen molar-refractivity contribution in [2.75, 3.05) is 13.7 Å². The molecular formula is C17H31NO3. The number of esters is 1. The van der Waals surface area contributed by atoms with Crippen LogP contribution in [0.1, 0.15) is 71.1 Å². The molecule has 2 aliphatic rings. The Labute approximate surface area is 128 Å². The lowest BCUT2D eigenvalue weighted by Gasteiger charge is -2.44. The third-order valence-electron chi connectivity index (χ3n) is 5.20. The average Bonchev–Trinajstić information content (AvgIpc) is 2.53. The standard InChI is InChI=1S/C17H31NO3/c1-17(20,16(19)21-2)13-18(14-9-5-3-6-10-14)15-11-7-4-8-12-15/h14-15,20H,3-13H2,1-2H3. The van der Waals surface area contributed by atoms with Crippen LogP contribution in [0.15, 0.2) is 0 Å². The molecule has 1 atom stereocenters. The molecule has 2 rings (SSSR count). The molecule has 4 nitrogen and oxygen atoms in total. The monoisotopic (exact) mass is 297 g/mol. The number of rotatable bonds is 5. The SMILES string of the molecule is COC(=O)C(C)(O)CN(C1CCCCC1)C1CCCCC1. The van der Waals surface area contributed by atoms with Crippen molar-refractivity contribution in [2.45, 2.75) is 88.8 Å². The minimum Gasteiger partial charge on any atom is -0.467 e. The summed E-state index contributed by atoms with van der Waals surface area (Å²) in [6.45, 7) is 2.01. The molecule has 0 saturated heterocycles. The van der Waals surface area contributed by atoms with Gasteiger partial charge >= 0.3 is 5.97 Å². The van der Waals surface area contributed by atoms with Gasteiger partial charge in [-0.3, -0.25) is 4.90 Å². The van der Waals surface area contributed by atoms with Gasteiger partial charge in [0.05, 0.1) is 7.11 Å². The summed E-state index contributed by atoms with van der Waals surface area (Å²) in [5.41, 5.74) is -1.40. The third-order valence-corrected chi connectivity index (χ3v) is 5.20. The minimum absolute atomic E-state index is 0.412. The Balaban J connectivity index is 2.08. The summed E-state index contributed by atoms with van der Waals surface area (Å²) in [7, 11) is 1.35. The van der Waals surface area contributed by atoms with Crippen LogP contribution in [-0.4, -0.2) is 47.3 Å². The predicted molar refractivity (Wildman–Crippen MR) is 83.1 cm³/mol. The van der Waals surface area contributed by atoms with Crippen LogP contribution in [0.25, 0.3) is 0 Å². The second kappa shape index (κ2) is 7.59. The van der Waals surface area contributed by atoms with E-state index < -0.39 is 11.6 Å². The van der Waals surface area contributed by atoms with Gasteiger partial charge in [-0.05, 0) is 32.6 Å². The number of hydrogen-bond donors (Lipinski definition) is 1. The molecule has 0 aromatic carbocycles. The molecule has 0 heterocycles. The highest BCUT2D eigenvalue weighted by Gasteiger charge is 2.38. The Morgan fingerprint density at radius 3 is 1.86 bits per heavy atom. The van der Waals surface area contributed by atoms with Crippen molar-refractivity contribution >= 4 is 5.97 Å². The summed E-state index contributed by atoms with van der Waals surface area (Å²) in [5, 5.41) is 10.5. The van der Waals surface area contributed by atoms with E-state index in [0.717, 1.165) is 0 Å². The molecule has 0 radical (unpaired) electrons. The van der Waals surface area contributed by atoms with E-state index in [-0.39, 0.29) is 0 Å². The van der Waals surface area contributed by atoms with Crippen molar-refractivity contribution in [3.05, 3.63) is 0 Å². The van der Waals surface area contributed by atoms with Gasteiger partial charge in [-0.25, -0.2) is 4.79 Å². The molecule has 2 fully saturated rings. The lowest BCUT2D eigenvalue weighted by Crippen LogP contribution is -2.54. The van der Waals surface area contributed by atoms with Crippen LogP contribution in [0.4, 0.5) is 0 Å². The molecule has 122 valence electrons. The van der Waals surface area contributed by atoms with Gasteiger partial charge in [0.2, 0.25) is 0 Å². The summed E-state index contributed by atoms with van der Waals surface area (Å²) < 4.78 is 4.77. The van der Waals surface area contributed by atoms with E-state index in [4.69, 9.17) is 4.74 Å². The van der Waals surface area contributed by atoms with Crippen molar-refractivity contribution in [3.8, 4) is 0 Å². The summed E-state index contributed by atoms with van der Waals surface area (Å²) in [5.74, 6) is -0.515. The lowest BCUT2D eigenvalue weighted by atomic mass is 9.87. The predicted octanol–water partition coefficient (Wildman–Crippen LogP) is 2.88. The Kier molecular flexibility index (Phi) is 6.06. The molecule has 2 saturated carbocycles. The average molecular weight is 297 g/mol. The molecule has 0 aliphatic heterocycles. The second-order valence-corrected chi connectivity index (χ2v) is 7.02. The van der Waals surface area contributed by atoms with Crippen molar-refractivity contribution < 1.29 is 14.6 Å². The summed E-state index contributed by atoms with van der Waals surface area (Å²) in [6, 6.07) is 1.05. The fourth-order valence-corrected chi connectivity index (χ4v) is 4.02. The van der Waals surface area contributed by atoms with Gasteiger partial charge in [-0.15, -0.1) is 0 Å². The van der Waals surface area contributed by atoms with E-state index in [0.29, 0.717) is 18.6 Å². The Hall–Kier alpha value is -0.610. The largest absolute Gasteiger partial charge is 0.467 e. The van der Waals surface area contributed by atoms with Gasteiger partial charge in [-0.2, -0.15) is 0 Å². The van der Waals surface area contributed by atoms with E-state index in [1.807, 2.05) is 0 Å². The first-order valence-electron chi connectivity index (χ1n) is 8.61. The molecule has 21 heavy (non-hydrogen) atoms. The van der Waals surface area contributed by atoms with Gasteiger partial charge < -0.3 is 9.84 Å². The van der Waals surface area contributed by atoms with Crippen molar-refractivity contribution in [1.82, 2.24) is 4.90 Å². The van der Waals surface area contributed by atoms with Crippen LogP contribution < -0.4 is 0 Å². The fraction of sp³-hybridized carbons (Fsp3) is 0.941. The van der Waals surface area contributed by atoms with Crippen LogP contribution in [0.2, 0.25) is 0 Å². The molecule has 0 amide bonds. The molecule has 2 aliphatic carbocycles. The van der Waals surface area contributed by atoms with Crippen molar-refractivity contribution in [1.29, 1.82) is 0 Å². The fourth-order valence-electron chi connectivity index (χ4n) is 4.02. The first kappa shape index (κ1) is 16.8. The maximum atomic E-state index is 11.8. The van der Waals surface area contributed by atoms with Gasteiger partial charge in [0.1, 0.15) is 0 Å². The van der Waals surface area contributed by atoms with E-state index in [1.165, 1.54) is 71.3 Å². The van der Waals surface area contributed by atoms with Crippen LogP contribution in [0.5, 0.6) is 0 Å². The molecule has 0 aromatic heterocycles. The van der Waals surface area contributed by atoms with E-state index >= 15 is 0 Å². The first-order chi connectivity index (χ1) is 10.0. The minimum atomic E-state index is -1.40. The zero-order valence-corrected chi connectivity index (χ0v) is 13.6. The number of ether oxygens (including phenoxy) is 1. The van der Waals surface area contributed by atoms with Crippen LogP contribution in [-0.2, 0) is 9.53 Å². The van der Waals surface area contributed by atoms with E-state index in [9.17, 15) is 9.90 Å². The summed E-state index contributed by atoms with van der Waals surface area (Å²) in [6.07, 6.45) is 12.5. The second-order valence-electron chi connectivity index (χ2n) is 7.02. The normalized spacial score (nSPS) is 24.8. The maximum absolute atomic E-state index is 11.8. The highest BCUT2D eigenvalue weighted by atomic mass is 16.5. The molecule has 0 bridgehead atoms. The maximum Gasteiger partial charge on any atom is 0.338 e. The van der Waals surface area contributed by atoms with Crippen molar-refractivity contribution in [2.24, 2.45) is 0 Å². The highest BCUT2D eigenvalue weighted by molar-refractivity contribution is 5.78. The van der Waals surface area contributed by atoms with Crippen LogP contribution in [0.3, 0.4) is 0 Å². The van der Waals surface area contributed by atoms with Gasteiger partial charge in [0, 0.05) is 18.6 Å². The number of hydrogen-bond acceptors (Lipinski definition) is 4. The quantitative estimate of drug-likeness (QED) is 0.793. The lowest BCUT2D eigenvalue weighted by molar-refractivity contribution is -0.164. The Morgan fingerprint density at radius 1 is 1.05 bits per heavy atom. The zero-order chi connectivity index (χ0) is 15.3.